The molecule has 11 rings (SSSR count). The van der Waals surface area contributed by atoms with E-state index in [1.807, 2.05) is 11.3 Å². The molecule has 258 valence electrons. The first kappa shape index (κ1) is 31.6. The van der Waals surface area contributed by atoms with Gasteiger partial charge in [-0.05, 0) is 100 Å². The number of rotatable bonds is 6. The summed E-state index contributed by atoms with van der Waals surface area (Å²) in [6.45, 7) is 0. The van der Waals surface area contributed by atoms with E-state index in [4.69, 9.17) is 0 Å². The number of nitrogens with zero attached hydrogens (tertiary/aromatic N) is 2. The van der Waals surface area contributed by atoms with Crippen molar-refractivity contribution in [2.24, 2.45) is 0 Å². The third-order valence-electron chi connectivity index (χ3n) is 11.0. The van der Waals surface area contributed by atoms with Crippen LogP contribution in [0.3, 0.4) is 0 Å². The lowest BCUT2D eigenvalue weighted by Gasteiger charge is -2.28. The topological polar surface area (TPSA) is 8.17 Å². The van der Waals surface area contributed by atoms with Crippen molar-refractivity contribution in [2.45, 2.75) is 0 Å². The molecule has 0 saturated heterocycles. The molecule has 11 aromatic rings. The van der Waals surface area contributed by atoms with Crippen LogP contribution in [0.2, 0.25) is 0 Å². The van der Waals surface area contributed by atoms with E-state index in [1.54, 1.807) is 0 Å². The summed E-state index contributed by atoms with van der Waals surface area (Å²) in [5.74, 6) is 0. The van der Waals surface area contributed by atoms with Gasteiger partial charge in [0, 0.05) is 53.6 Å². The Morgan fingerprint density at radius 1 is 0.364 bits per heavy atom. The number of anilines is 3. The Morgan fingerprint density at radius 2 is 0.964 bits per heavy atom. The van der Waals surface area contributed by atoms with Crippen LogP contribution in [0.25, 0.3) is 80.7 Å². The highest BCUT2D eigenvalue weighted by atomic mass is 32.1. The van der Waals surface area contributed by atoms with Gasteiger partial charge >= 0.3 is 0 Å². The molecule has 0 aliphatic carbocycles. The molecule has 0 aliphatic rings. The summed E-state index contributed by atoms with van der Waals surface area (Å²) in [5.41, 5.74) is 11.7. The van der Waals surface area contributed by atoms with Crippen molar-refractivity contribution in [2.75, 3.05) is 4.90 Å². The van der Waals surface area contributed by atoms with Gasteiger partial charge in [-0.25, -0.2) is 0 Å². The molecule has 0 fully saturated rings. The molecule has 0 aliphatic heterocycles. The van der Waals surface area contributed by atoms with E-state index in [2.05, 4.69) is 216 Å². The number of fused-ring (bicyclic) bond motifs is 7. The molecule has 55 heavy (non-hydrogen) atoms. The Hall–Kier alpha value is -6.94. The average Bonchev–Trinajstić information content (AvgIpc) is 3.80. The summed E-state index contributed by atoms with van der Waals surface area (Å²) < 4.78 is 5.01. The largest absolute Gasteiger partial charge is 0.310 e. The molecule has 2 nitrogen and oxygen atoms in total. The summed E-state index contributed by atoms with van der Waals surface area (Å²) in [5, 5.41) is 7.62. The minimum atomic E-state index is 1.09. The van der Waals surface area contributed by atoms with E-state index >= 15 is 0 Å². The Balaban J connectivity index is 1.10. The maximum absolute atomic E-state index is 2.43. The summed E-state index contributed by atoms with van der Waals surface area (Å²) in [6, 6.07) is 75.3. The highest BCUT2D eigenvalue weighted by Gasteiger charge is 2.20. The van der Waals surface area contributed by atoms with Gasteiger partial charge in [-0.15, -0.1) is 11.3 Å². The van der Waals surface area contributed by atoms with Crippen molar-refractivity contribution in [3.63, 3.8) is 0 Å². The zero-order valence-electron chi connectivity index (χ0n) is 29.9. The zero-order valence-corrected chi connectivity index (χ0v) is 30.7. The van der Waals surface area contributed by atoms with E-state index in [1.165, 1.54) is 75.0 Å². The molecule has 9 aromatic carbocycles. The highest BCUT2D eigenvalue weighted by molar-refractivity contribution is 7.25. The Bertz CT molecular complexity index is 3160. The normalized spacial score (nSPS) is 11.6. The summed E-state index contributed by atoms with van der Waals surface area (Å²) in [6.07, 6.45) is 0. The van der Waals surface area contributed by atoms with E-state index in [0.29, 0.717) is 0 Å². The third kappa shape index (κ3) is 5.24. The van der Waals surface area contributed by atoms with Crippen LogP contribution in [-0.4, -0.2) is 4.57 Å². The predicted molar refractivity (Wildman–Crippen MR) is 237 cm³/mol. The molecule has 2 heterocycles. The number of thiophene rings is 1. The maximum Gasteiger partial charge on any atom is 0.0541 e. The fraction of sp³-hybridized carbons (Fsp3) is 0. The maximum atomic E-state index is 2.43. The van der Waals surface area contributed by atoms with E-state index in [-0.39, 0.29) is 0 Å². The lowest BCUT2D eigenvalue weighted by Crippen LogP contribution is -2.11. The molecule has 0 amide bonds. The first-order valence-electron chi connectivity index (χ1n) is 18.8. The van der Waals surface area contributed by atoms with Crippen molar-refractivity contribution >= 4 is 81.1 Å². The van der Waals surface area contributed by atoms with E-state index in [9.17, 15) is 0 Å². The minimum absolute atomic E-state index is 1.09. The molecule has 0 bridgehead atoms. The lowest BCUT2D eigenvalue weighted by molar-refractivity contribution is 1.17. The van der Waals surface area contributed by atoms with E-state index < -0.39 is 0 Å². The van der Waals surface area contributed by atoms with E-state index in [0.717, 1.165) is 22.7 Å². The van der Waals surface area contributed by atoms with Gasteiger partial charge in [-0.1, -0.05) is 133 Å². The quantitative estimate of drug-likeness (QED) is 0.166. The summed E-state index contributed by atoms with van der Waals surface area (Å²) in [4.78, 5) is 2.43. The van der Waals surface area contributed by atoms with Gasteiger partial charge < -0.3 is 9.47 Å². The number of para-hydroxylation sites is 3. The van der Waals surface area contributed by atoms with Crippen molar-refractivity contribution in [3.05, 3.63) is 206 Å². The Labute approximate surface area is 323 Å². The van der Waals surface area contributed by atoms with Crippen LogP contribution in [0.1, 0.15) is 0 Å². The Kier molecular flexibility index (Phi) is 7.39. The monoisotopic (exact) mass is 718 g/mol. The molecule has 0 spiro atoms. The Morgan fingerprint density at radius 3 is 1.78 bits per heavy atom. The van der Waals surface area contributed by atoms with Crippen molar-refractivity contribution in [1.82, 2.24) is 4.57 Å². The summed E-state index contributed by atoms with van der Waals surface area (Å²) >= 11 is 1.86. The van der Waals surface area contributed by atoms with Crippen molar-refractivity contribution < 1.29 is 0 Å². The second-order valence-electron chi connectivity index (χ2n) is 14.1. The lowest BCUT2D eigenvalue weighted by atomic mass is 9.97. The van der Waals surface area contributed by atoms with Crippen LogP contribution < -0.4 is 4.90 Å². The second kappa shape index (κ2) is 12.9. The molecule has 0 N–H and O–H groups in total. The molecule has 2 aromatic heterocycles. The first-order chi connectivity index (χ1) is 27.3. The predicted octanol–water partition coefficient (Wildman–Crippen LogP) is 15.1. The number of aromatic nitrogens is 1. The van der Waals surface area contributed by atoms with Gasteiger partial charge in [0.1, 0.15) is 0 Å². The number of benzene rings is 9. The van der Waals surface area contributed by atoms with Crippen LogP contribution in [0.5, 0.6) is 0 Å². The van der Waals surface area contributed by atoms with Gasteiger partial charge in [0.15, 0.2) is 0 Å². The second-order valence-corrected chi connectivity index (χ2v) is 15.2. The van der Waals surface area contributed by atoms with Gasteiger partial charge in [0.25, 0.3) is 0 Å². The van der Waals surface area contributed by atoms with Crippen LogP contribution >= 0.6 is 11.3 Å². The first-order valence-corrected chi connectivity index (χ1v) is 19.6. The van der Waals surface area contributed by atoms with Gasteiger partial charge in [0.2, 0.25) is 0 Å². The molecule has 0 radical (unpaired) electrons. The zero-order chi connectivity index (χ0) is 36.3. The van der Waals surface area contributed by atoms with Gasteiger partial charge in [-0.2, -0.15) is 0 Å². The smallest absolute Gasteiger partial charge is 0.0541 e. The fourth-order valence-electron chi connectivity index (χ4n) is 8.47. The number of hydrogen-bond acceptors (Lipinski definition) is 2. The summed E-state index contributed by atoms with van der Waals surface area (Å²) in [7, 11) is 0. The van der Waals surface area contributed by atoms with Crippen LogP contribution in [-0.2, 0) is 0 Å². The molecule has 0 saturated carbocycles. The van der Waals surface area contributed by atoms with Gasteiger partial charge in [-0.3, -0.25) is 0 Å². The SMILES string of the molecule is c1cc(-c2cccc3ccccc23)cc(N(c2ccc(-n3c4ccccc4c4ccccc43)cc2)c2ccccc2-c2ccc3sc4ccccc4c3c2)c1. The molecular formula is C52H34N2S. The molecule has 0 unspecified atom stereocenters. The number of hydrogen-bond donors (Lipinski definition) is 0. The molecular weight excluding hydrogens is 685 g/mol. The third-order valence-corrected chi connectivity index (χ3v) is 12.1. The fourth-order valence-corrected chi connectivity index (χ4v) is 9.56. The minimum Gasteiger partial charge on any atom is -0.310 e. The standard InChI is InChI=1S/C52H34N2S/c1-2-17-41-35(13-1)14-12-22-42(41)36-15-11-16-40(33-36)53(38-28-30-39(31-29-38)54-49-24-8-4-19-44(49)45-20-5-9-25-50(45)54)48-23-7-3-18-43(48)37-27-32-52-47(34-37)46-21-6-10-26-51(46)55-52/h1-34H. The molecule has 0 atom stereocenters. The van der Waals surface area contributed by atoms with Gasteiger partial charge in [0.05, 0.1) is 16.7 Å². The van der Waals surface area contributed by atoms with Crippen molar-refractivity contribution in [3.8, 4) is 27.9 Å². The molecule has 3 heteroatoms. The highest BCUT2D eigenvalue weighted by Crippen LogP contribution is 2.44. The van der Waals surface area contributed by atoms with Crippen LogP contribution in [0, 0.1) is 0 Å². The van der Waals surface area contributed by atoms with Crippen molar-refractivity contribution in [1.29, 1.82) is 0 Å². The van der Waals surface area contributed by atoms with Crippen LogP contribution in [0.4, 0.5) is 17.1 Å². The van der Waals surface area contributed by atoms with Crippen LogP contribution in [0.15, 0.2) is 206 Å². The average molecular weight is 719 g/mol.